The van der Waals surface area contributed by atoms with Crippen molar-refractivity contribution in [3.63, 3.8) is 0 Å². The van der Waals surface area contributed by atoms with Crippen LogP contribution in [0.2, 0.25) is 0 Å². The van der Waals surface area contributed by atoms with Gasteiger partial charge in [-0.15, -0.1) is 0 Å². The lowest BCUT2D eigenvalue weighted by atomic mass is 10.0. The van der Waals surface area contributed by atoms with Crippen molar-refractivity contribution < 1.29 is 4.74 Å². The summed E-state index contributed by atoms with van der Waals surface area (Å²) in [5, 5.41) is 0. The van der Waals surface area contributed by atoms with Gasteiger partial charge in [-0.1, -0.05) is 0 Å². The van der Waals surface area contributed by atoms with Crippen molar-refractivity contribution in [2.45, 2.75) is 19.4 Å². The quantitative estimate of drug-likeness (QED) is 0.859. The molecule has 0 aromatic carbocycles. The Balaban J connectivity index is 1.84. The number of anilines is 1. The summed E-state index contributed by atoms with van der Waals surface area (Å²) in [6, 6.07) is 3.77. The summed E-state index contributed by atoms with van der Waals surface area (Å²) in [5.74, 6) is 0.652. The van der Waals surface area contributed by atoms with Crippen molar-refractivity contribution in [2.24, 2.45) is 5.92 Å². The minimum atomic E-state index is 0.652. The summed E-state index contributed by atoms with van der Waals surface area (Å²) >= 11 is 0. The largest absolute Gasteiger partial charge is 0.397 e. The molecule has 1 aliphatic heterocycles. The van der Waals surface area contributed by atoms with Gasteiger partial charge in [0.25, 0.3) is 0 Å². The van der Waals surface area contributed by atoms with Gasteiger partial charge in [-0.05, 0) is 37.9 Å². The van der Waals surface area contributed by atoms with Crippen LogP contribution in [-0.4, -0.2) is 36.7 Å². The summed E-state index contributed by atoms with van der Waals surface area (Å²) in [5.41, 5.74) is 7.63. The highest BCUT2D eigenvalue weighted by molar-refractivity contribution is 5.41. The smallest absolute Gasteiger partial charge is 0.0772 e. The molecule has 94 valence electrons. The van der Waals surface area contributed by atoms with Crippen LogP contribution in [0, 0.1) is 5.92 Å². The molecule has 1 aromatic rings. The fourth-order valence-electron chi connectivity index (χ4n) is 2.29. The molecule has 0 bridgehead atoms. The molecule has 0 amide bonds. The number of pyridine rings is 1. The third-order valence-corrected chi connectivity index (χ3v) is 3.17. The zero-order valence-corrected chi connectivity index (χ0v) is 10.4. The van der Waals surface area contributed by atoms with Crippen LogP contribution in [0.4, 0.5) is 5.69 Å². The topological polar surface area (TPSA) is 51.4 Å². The normalized spacial score (nSPS) is 20.7. The van der Waals surface area contributed by atoms with E-state index in [9.17, 15) is 0 Å². The highest BCUT2D eigenvalue weighted by Gasteiger charge is 2.16. The van der Waals surface area contributed by atoms with E-state index >= 15 is 0 Å². The average molecular weight is 235 g/mol. The van der Waals surface area contributed by atoms with Gasteiger partial charge in [-0.25, -0.2) is 0 Å². The van der Waals surface area contributed by atoms with Crippen LogP contribution in [0.3, 0.4) is 0 Å². The summed E-state index contributed by atoms with van der Waals surface area (Å²) < 4.78 is 5.49. The Bertz CT molecular complexity index is 350. The molecule has 1 fully saturated rings. The predicted octanol–water partition coefficient (Wildman–Crippen LogP) is 1.52. The molecule has 0 aliphatic carbocycles. The Morgan fingerprint density at radius 2 is 2.47 bits per heavy atom. The molecule has 2 rings (SSSR count). The van der Waals surface area contributed by atoms with Crippen LogP contribution in [0.5, 0.6) is 0 Å². The first-order valence-corrected chi connectivity index (χ1v) is 6.21. The van der Waals surface area contributed by atoms with E-state index in [4.69, 9.17) is 10.5 Å². The molecule has 1 unspecified atom stereocenters. The van der Waals surface area contributed by atoms with Crippen LogP contribution in [0.25, 0.3) is 0 Å². The number of nitrogen functional groups attached to an aromatic ring is 1. The van der Waals surface area contributed by atoms with Crippen LogP contribution in [-0.2, 0) is 11.3 Å². The molecule has 2 N–H and O–H groups in total. The fraction of sp³-hybridized carbons (Fsp3) is 0.615. The van der Waals surface area contributed by atoms with Crippen molar-refractivity contribution in [3.8, 4) is 0 Å². The van der Waals surface area contributed by atoms with E-state index in [1.165, 1.54) is 12.8 Å². The summed E-state index contributed by atoms with van der Waals surface area (Å²) in [4.78, 5) is 6.59. The first-order chi connectivity index (χ1) is 8.25. The van der Waals surface area contributed by atoms with Crippen molar-refractivity contribution in [1.29, 1.82) is 0 Å². The molecule has 4 nitrogen and oxygen atoms in total. The van der Waals surface area contributed by atoms with E-state index in [0.29, 0.717) is 5.92 Å². The molecule has 1 aliphatic rings. The number of nitrogens with zero attached hydrogens (tertiary/aromatic N) is 2. The molecule has 17 heavy (non-hydrogen) atoms. The average Bonchev–Trinajstić information content (AvgIpc) is 2.33. The Morgan fingerprint density at radius 1 is 1.59 bits per heavy atom. The van der Waals surface area contributed by atoms with E-state index < -0.39 is 0 Å². The van der Waals surface area contributed by atoms with Gasteiger partial charge in [0.2, 0.25) is 0 Å². The predicted molar refractivity (Wildman–Crippen MR) is 68.5 cm³/mol. The fourth-order valence-corrected chi connectivity index (χ4v) is 2.29. The van der Waals surface area contributed by atoms with Gasteiger partial charge in [0, 0.05) is 25.9 Å². The maximum atomic E-state index is 5.89. The SMILES string of the molecule is CN(Cc1ncccc1N)CC1CCCOC1. The lowest BCUT2D eigenvalue weighted by Gasteiger charge is -2.27. The second-order valence-electron chi connectivity index (χ2n) is 4.82. The summed E-state index contributed by atoms with van der Waals surface area (Å²) in [6.07, 6.45) is 4.25. The van der Waals surface area contributed by atoms with E-state index in [0.717, 1.165) is 37.7 Å². The second-order valence-corrected chi connectivity index (χ2v) is 4.82. The molecular formula is C13H21N3O. The first-order valence-electron chi connectivity index (χ1n) is 6.21. The molecule has 0 spiro atoms. The van der Waals surface area contributed by atoms with Gasteiger partial charge in [-0.2, -0.15) is 0 Å². The van der Waals surface area contributed by atoms with Crippen molar-refractivity contribution >= 4 is 5.69 Å². The lowest BCUT2D eigenvalue weighted by Crippen LogP contribution is -2.31. The number of nitrogens with two attached hydrogens (primary N) is 1. The third-order valence-electron chi connectivity index (χ3n) is 3.17. The zero-order valence-electron chi connectivity index (χ0n) is 10.4. The highest BCUT2D eigenvalue weighted by Crippen LogP contribution is 2.16. The summed E-state index contributed by atoms with van der Waals surface area (Å²) in [7, 11) is 2.11. The first kappa shape index (κ1) is 12.3. The number of aromatic nitrogens is 1. The standard InChI is InChI=1S/C13H21N3O/c1-16(8-11-4-3-7-17-10-11)9-13-12(14)5-2-6-15-13/h2,5-6,11H,3-4,7-10,14H2,1H3. The number of ether oxygens (including phenoxy) is 1. The molecule has 0 saturated carbocycles. The van der Waals surface area contributed by atoms with Gasteiger partial charge < -0.3 is 15.4 Å². The van der Waals surface area contributed by atoms with E-state index in [-0.39, 0.29) is 0 Å². The Hall–Kier alpha value is -1.13. The monoisotopic (exact) mass is 235 g/mol. The van der Waals surface area contributed by atoms with E-state index in [1.54, 1.807) is 6.20 Å². The molecule has 4 heteroatoms. The second kappa shape index (κ2) is 5.98. The molecular weight excluding hydrogens is 214 g/mol. The zero-order chi connectivity index (χ0) is 12.1. The molecule has 2 heterocycles. The van der Waals surface area contributed by atoms with Crippen LogP contribution in [0.1, 0.15) is 18.5 Å². The minimum Gasteiger partial charge on any atom is -0.397 e. The van der Waals surface area contributed by atoms with Gasteiger partial charge >= 0.3 is 0 Å². The number of hydrogen-bond donors (Lipinski definition) is 1. The number of rotatable bonds is 4. The van der Waals surface area contributed by atoms with Crippen LogP contribution < -0.4 is 5.73 Å². The van der Waals surface area contributed by atoms with E-state index in [1.807, 2.05) is 12.1 Å². The van der Waals surface area contributed by atoms with Gasteiger partial charge in [-0.3, -0.25) is 4.98 Å². The summed E-state index contributed by atoms with van der Waals surface area (Å²) in [6.45, 7) is 3.68. The minimum absolute atomic E-state index is 0.652. The lowest BCUT2D eigenvalue weighted by molar-refractivity contribution is 0.0410. The maximum Gasteiger partial charge on any atom is 0.0772 e. The highest BCUT2D eigenvalue weighted by atomic mass is 16.5. The molecule has 1 atom stereocenters. The van der Waals surface area contributed by atoms with Crippen molar-refractivity contribution in [2.75, 3.05) is 32.5 Å². The van der Waals surface area contributed by atoms with Crippen LogP contribution in [0.15, 0.2) is 18.3 Å². The maximum absolute atomic E-state index is 5.89. The molecule has 1 saturated heterocycles. The van der Waals surface area contributed by atoms with Crippen molar-refractivity contribution in [1.82, 2.24) is 9.88 Å². The molecule has 1 aromatic heterocycles. The third kappa shape index (κ3) is 3.68. The molecule has 0 radical (unpaired) electrons. The van der Waals surface area contributed by atoms with Gasteiger partial charge in [0.15, 0.2) is 0 Å². The Labute approximate surface area is 103 Å². The Kier molecular flexibility index (Phi) is 4.34. The van der Waals surface area contributed by atoms with Gasteiger partial charge in [0.1, 0.15) is 0 Å². The van der Waals surface area contributed by atoms with E-state index in [2.05, 4.69) is 16.9 Å². The Morgan fingerprint density at radius 3 is 3.18 bits per heavy atom. The number of hydrogen-bond acceptors (Lipinski definition) is 4. The van der Waals surface area contributed by atoms with Gasteiger partial charge in [0.05, 0.1) is 18.0 Å². The van der Waals surface area contributed by atoms with Crippen molar-refractivity contribution in [3.05, 3.63) is 24.0 Å². The van der Waals surface area contributed by atoms with Crippen LogP contribution >= 0.6 is 0 Å².